The zero-order valence-electron chi connectivity index (χ0n) is 14.0. The van der Waals surface area contributed by atoms with Gasteiger partial charge >= 0.3 is 0 Å². The minimum Gasteiger partial charge on any atom is -0.367 e. The molecule has 2 aromatic rings. The van der Waals surface area contributed by atoms with Gasteiger partial charge in [0.15, 0.2) is 0 Å². The van der Waals surface area contributed by atoms with Gasteiger partial charge in [0, 0.05) is 29.8 Å². The second-order valence-electron chi connectivity index (χ2n) is 7.01. The van der Waals surface area contributed by atoms with Crippen molar-refractivity contribution in [2.24, 2.45) is 0 Å². The molecule has 1 N–H and O–H groups in total. The van der Waals surface area contributed by atoms with Gasteiger partial charge in [-0.1, -0.05) is 0 Å². The highest BCUT2D eigenvalue weighted by Crippen LogP contribution is 2.38. The van der Waals surface area contributed by atoms with Crippen molar-refractivity contribution in [3.8, 4) is 0 Å². The molecule has 0 bridgehead atoms. The highest BCUT2D eigenvalue weighted by atomic mass is 16.1. The Morgan fingerprint density at radius 1 is 1.08 bits per heavy atom. The summed E-state index contributed by atoms with van der Waals surface area (Å²) in [5.41, 5.74) is 2.09. The number of nitrogens with zero attached hydrogens (tertiary/aromatic N) is 4. The molecule has 0 aliphatic heterocycles. The van der Waals surface area contributed by atoms with Gasteiger partial charge in [-0.25, -0.2) is 14.6 Å². The molecule has 0 radical (unpaired) electrons. The standard InChI is InChI=1S/C18H23N5O/c1-12-10-17(20-11-19-12)21-14-4-6-15(7-5-14)23-18(24)9-8-16(22-23)13-2-3-13/h8-11,13-15H,2-7H2,1H3,(H,19,20,21). The summed E-state index contributed by atoms with van der Waals surface area (Å²) in [5, 5.41) is 8.13. The Morgan fingerprint density at radius 3 is 2.58 bits per heavy atom. The van der Waals surface area contributed by atoms with Crippen LogP contribution in [0.2, 0.25) is 0 Å². The maximum atomic E-state index is 12.2. The monoisotopic (exact) mass is 325 g/mol. The normalized spacial score (nSPS) is 23.9. The third-order valence-electron chi connectivity index (χ3n) is 5.04. The van der Waals surface area contributed by atoms with Crippen molar-refractivity contribution in [1.29, 1.82) is 0 Å². The van der Waals surface area contributed by atoms with Crippen molar-refractivity contribution < 1.29 is 0 Å². The molecule has 2 aliphatic carbocycles. The van der Waals surface area contributed by atoms with Crippen LogP contribution in [0.5, 0.6) is 0 Å². The molecule has 0 unspecified atom stereocenters. The van der Waals surface area contributed by atoms with Crippen molar-refractivity contribution in [1.82, 2.24) is 19.7 Å². The molecule has 2 heterocycles. The quantitative estimate of drug-likeness (QED) is 0.936. The molecular formula is C18H23N5O. The number of rotatable bonds is 4. The predicted molar refractivity (Wildman–Crippen MR) is 92.2 cm³/mol. The van der Waals surface area contributed by atoms with Gasteiger partial charge in [-0.2, -0.15) is 5.10 Å². The minimum absolute atomic E-state index is 0.0298. The fourth-order valence-electron chi connectivity index (χ4n) is 3.51. The first-order valence-electron chi connectivity index (χ1n) is 8.84. The topological polar surface area (TPSA) is 72.7 Å². The molecule has 6 nitrogen and oxygen atoms in total. The van der Waals surface area contributed by atoms with E-state index >= 15 is 0 Å². The molecule has 126 valence electrons. The number of hydrogen-bond acceptors (Lipinski definition) is 5. The Kier molecular flexibility index (Phi) is 4.04. The van der Waals surface area contributed by atoms with Crippen LogP contribution in [0.15, 0.2) is 29.3 Å². The van der Waals surface area contributed by atoms with Gasteiger partial charge in [-0.15, -0.1) is 0 Å². The van der Waals surface area contributed by atoms with Crippen molar-refractivity contribution in [3.05, 3.63) is 46.3 Å². The second-order valence-corrected chi connectivity index (χ2v) is 7.01. The van der Waals surface area contributed by atoms with Crippen LogP contribution in [-0.4, -0.2) is 25.8 Å². The molecule has 0 spiro atoms. The smallest absolute Gasteiger partial charge is 0.267 e. The molecule has 0 aromatic carbocycles. The van der Waals surface area contributed by atoms with Crippen molar-refractivity contribution in [3.63, 3.8) is 0 Å². The van der Waals surface area contributed by atoms with E-state index in [1.165, 1.54) is 12.8 Å². The van der Waals surface area contributed by atoms with E-state index < -0.39 is 0 Å². The molecule has 0 amide bonds. The number of aromatic nitrogens is 4. The summed E-state index contributed by atoms with van der Waals surface area (Å²) < 4.78 is 1.73. The highest BCUT2D eigenvalue weighted by Gasteiger charge is 2.28. The fraction of sp³-hybridized carbons (Fsp3) is 0.556. The van der Waals surface area contributed by atoms with Gasteiger partial charge < -0.3 is 5.32 Å². The van der Waals surface area contributed by atoms with E-state index in [-0.39, 0.29) is 11.6 Å². The Morgan fingerprint density at radius 2 is 1.88 bits per heavy atom. The third-order valence-corrected chi connectivity index (χ3v) is 5.04. The minimum atomic E-state index is 0.0298. The van der Waals surface area contributed by atoms with Crippen LogP contribution in [0.4, 0.5) is 5.82 Å². The lowest BCUT2D eigenvalue weighted by Gasteiger charge is -2.30. The van der Waals surface area contributed by atoms with E-state index in [9.17, 15) is 4.79 Å². The molecule has 6 heteroatoms. The fourth-order valence-corrected chi connectivity index (χ4v) is 3.51. The van der Waals surface area contributed by atoms with Gasteiger partial charge in [0.2, 0.25) is 0 Å². The summed E-state index contributed by atoms with van der Waals surface area (Å²) in [7, 11) is 0. The van der Waals surface area contributed by atoms with Gasteiger partial charge in [0.05, 0.1) is 11.7 Å². The van der Waals surface area contributed by atoms with Gasteiger partial charge in [0.25, 0.3) is 5.56 Å². The first-order chi connectivity index (χ1) is 11.7. The average Bonchev–Trinajstić information content (AvgIpc) is 3.41. The Bertz CT molecular complexity index is 775. The summed E-state index contributed by atoms with van der Waals surface area (Å²) >= 11 is 0. The van der Waals surface area contributed by atoms with Crippen LogP contribution in [0, 0.1) is 6.92 Å². The summed E-state index contributed by atoms with van der Waals surface area (Å²) in [5.74, 6) is 1.47. The second kappa shape index (κ2) is 6.34. The van der Waals surface area contributed by atoms with E-state index in [2.05, 4.69) is 20.4 Å². The molecule has 2 aromatic heterocycles. The maximum Gasteiger partial charge on any atom is 0.267 e. The highest BCUT2D eigenvalue weighted by molar-refractivity contribution is 5.35. The van der Waals surface area contributed by atoms with Crippen LogP contribution in [-0.2, 0) is 0 Å². The SMILES string of the molecule is Cc1cc(NC2CCC(n3nc(C4CC4)ccc3=O)CC2)ncn1. The molecule has 2 fully saturated rings. The van der Waals surface area contributed by atoms with Crippen molar-refractivity contribution in [2.45, 2.75) is 63.5 Å². The van der Waals surface area contributed by atoms with Gasteiger partial charge in [0.1, 0.15) is 12.1 Å². The Hall–Kier alpha value is -2.24. The molecule has 2 aliphatic rings. The van der Waals surface area contributed by atoms with E-state index in [0.29, 0.717) is 12.0 Å². The van der Waals surface area contributed by atoms with Crippen LogP contribution in [0.1, 0.15) is 61.9 Å². The lowest BCUT2D eigenvalue weighted by molar-refractivity contribution is 0.301. The first-order valence-corrected chi connectivity index (χ1v) is 8.84. The van der Waals surface area contributed by atoms with Crippen LogP contribution >= 0.6 is 0 Å². The summed E-state index contributed by atoms with van der Waals surface area (Å²) in [6.45, 7) is 1.97. The van der Waals surface area contributed by atoms with E-state index in [4.69, 9.17) is 0 Å². The van der Waals surface area contributed by atoms with Crippen molar-refractivity contribution >= 4 is 5.82 Å². The molecule has 0 saturated heterocycles. The Labute approximate surface area is 141 Å². The van der Waals surface area contributed by atoms with Crippen LogP contribution in [0.25, 0.3) is 0 Å². The van der Waals surface area contributed by atoms with Gasteiger partial charge in [-0.3, -0.25) is 4.79 Å². The molecular weight excluding hydrogens is 302 g/mol. The van der Waals surface area contributed by atoms with Crippen LogP contribution in [0.3, 0.4) is 0 Å². The molecule has 24 heavy (non-hydrogen) atoms. The van der Waals surface area contributed by atoms with E-state index in [1.54, 1.807) is 17.1 Å². The number of nitrogens with one attached hydrogen (secondary N) is 1. The third kappa shape index (κ3) is 3.32. The van der Waals surface area contributed by atoms with Crippen molar-refractivity contribution in [2.75, 3.05) is 5.32 Å². The van der Waals surface area contributed by atoms with Gasteiger partial charge in [-0.05, 0) is 51.5 Å². The molecule has 4 rings (SSSR count). The predicted octanol–water partition coefficient (Wildman–Crippen LogP) is 2.81. The summed E-state index contributed by atoms with van der Waals surface area (Å²) in [6.07, 6.45) is 8.01. The zero-order valence-corrected chi connectivity index (χ0v) is 14.0. The average molecular weight is 325 g/mol. The summed E-state index contributed by atoms with van der Waals surface area (Å²) in [6, 6.07) is 6.19. The largest absolute Gasteiger partial charge is 0.367 e. The molecule has 2 saturated carbocycles. The number of anilines is 1. The Balaban J connectivity index is 1.41. The van der Waals surface area contributed by atoms with E-state index in [1.807, 2.05) is 19.1 Å². The molecule has 0 atom stereocenters. The van der Waals surface area contributed by atoms with E-state index in [0.717, 1.165) is 42.9 Å². The number of aryl methyl sites for hydroxylation is 1. The lowest BCUT2D eigenvalue weighted by atomic mass is 9.91. The summed E-state index contributed by atoms with van der Waals surface area (Å²) in [4.78, 5) is 20.6. The lowest BCUT2D eigenvalue weighted by Crippen LogP contribution is -2.33. The maximum absolute atomic E-state index is 12.2. The number of hydrogen-bond donors (Lipinski definition) is 1. The van der Waals surface area contributed by atoms with Crippen LogP contribution < -0.4 is 10.9 Å². The zero-order chi connectivity index (χ0) is 16.5. The first kappa shape index (κ1) is 15.3.